The molecular formula is C35H42N6O3. The van der Waals surface area contributed by atoms with Crippen LogP contribution in [0.4, 0.5) is 0 Å². The largest absolute Gasteiger partial charge is 0.494 e. The Hall–Kier alpha value is -3.85. The molecule has 9 heteroatoms. The van der Waals surface area contributed by atoms with E-state index in [1.165, 1.54) is 29.3 Å². The van der Waals surface area contributed by atoms with Gasteiger partial charge in [0.2, 0.25) is 5.91 Å². The predicted molar refractivity (Wildman–Crippen MR) is 171 cm³/mol. The molecule has 3 atom stereocenters. The summed E-state index contributed by atoms with van der Waals surface area (Å²) in [7, 11) is 5.42. The number of amides is 2. The van der Waals surface area contributed by atoms with Crippen molar-refractivity contribution in [2.24, 2.45) is 30.5 Å². The van der Waals surface area contributed by atoms with Crippen LogP contribution in [0.15, 0.2) is 36.4 Å². The van der Waals surface area contributed by atoms with Gasteiger partial charge in [-0.15, -0.1) is 0 Å². The molecule has 0 radical (unpaired) electrons. The number of carbonyl (C=O) groups excluding carboxylic acids is 2. The first-order valence-electron chi connectivity index (χ1n) is 16.3. The molecule has 2 aromatic heterocycles. The highest BCUT2D eigenvalue weighted by Gasteiger charge is 2.47. The summed E-state index contributed by atoms with van der Waals surface area (Å²) in [6.45, 7) is 1.70. The van der Waals surface area contributed by atoms with Gasteiger partial charge in [-0.1, -0.05) is 18.2 Å². The number of aromatic nitrogens is 3. The molecule has 3 aliphatic carbocycles. The maximum Gasteiger partial charge on any atom is 0.254 e. The Bertz CT molecular complexity index is 1800. The number of rotatable bonds is 8. The normalized spacial score (nSPS) is 26.0. The summed E-state index contributed by atoms with van der Waals surface area (Å²) in [6, 6.07) is 12.9. The van der Waals surface area contributed by atoms with E-state index in [2.05, 4.69) is 38.7 Å². The van der Waals surface area contributed by atoms with Crippen molar-refractivity contribution in [1.29, 1.82) is 0 Å². The van der Waals surface area contributed by atoms with E-state index in [9.17, 15) is 9.59 Å². The van der Waals surface area contributed by atoms with Crippen LogP contribution in [0, 0.1) is 17.8 Å². The molecule has 1 saturated heterocycles. The van der Waals surface area contributed by atoms with Crippen LogP contribution >= 0.6 is 0 Å². The summed E-state index contributed by atoms with van der Waals surface area (Å²) in [6.07, 6.45) is 7.28. The third-order valence-electron chi connectivity index (χ3n) is 11.1. The second-order valence-corrected chi connectivity index (χ2v) is 13.8. The summed E-state index contributed by atoms with van der Waals surface area (Å²) in [5.41, 5.74) is 12.5. The zero-order valence-electron chi connectivity index (χ0n) is 25.9. The number of ether oxygens (including phenoxy) is 1. The van der Waals surface area contributed by atoms with Gasteiger partial charge >= 0.3 is 0 Å². The van der Waals surface area contributed by atoms with Gasteiger partial charge in [0.15, 0.2) is 5.82 Å². The van der Waals surface area contributed by atoms with Gasteiger partial charge < -0.3 is 29.8 Å². The van der Waals surface area contributed by atoms with Gasteiger partial charge in [-0.3, -0.25) is 9.59 Å². The second kappa shape index (κ2) is 10.4. The molecule has 230 valence electrons. The molecule has 2 aromatic carbocycles. The Kier molecular flexibility index (Phi) is 6.52. The number of para-hydroxylation sites is 1. The minimum absolute atomic E-state index is 0.0164. The fourth-order valence-electron chi connectivity index (χ4n) is 8.40. The van der Waals surface area contributed by atoms with E-state index in [0.717, 1.165) is 61.3 Å². The number of hydrogen-bond donors (Lipinski definition) is 2. The SMILES string of the molecule is CNC(=O)CC1CC(c2cccc3cc(-c4nc5cc(C(=O)N6C[C@H]7CC[C@@H]6[C@@H]7N)cc(OC)c5n4C)n(CC4CC4)c23)C1. The lowest BCUT2D eigenvalue weighted by atomic mass is 9.69. The molecular weight excluding hydrogens is 552 g/mol. The molecule has 2 amide bonds. The van der Waals surface area contributed by atoms with Gasteiger partial charge in [0, 0.05) is 56.6 Å². The molecule has 8 rings (SSSR count). The Morgan fingerprint density at radius 1 is 1.07 bits per heavy atom. The van der Waals surface area contributed by atoms with Crippen molar-refractivity contribution in [3.8, 4) is 17.3 Å². The molecule has 4 fully saturated rings. The fraction of sp³-hybridized carbons (Fsp3) is 0.514. The number of nitrogens with two attached hydrogens (primary N) is 1. The van der Waals surface area contributed by atoms with Crippen LogP contribution in [-0.4, -0.2) is 63.6 Å². The monoisotopic (exact) mass is 594 g/mol. The standard InChI is InChI=1S/C35H42N6O3/c1-37-30(42)13-20-11-23(12-20)25-6-4-5-21-15-28(40(32(21)25)17-19-7-8-19)34-38-26-14-24(16-29(44-3)33(26)39(34)2)35(43)41-18-22-9-10-27(41)31(22)36/h4-6,14-16,19-20,22-23,27,31H,7-13,17-18,36H2,1-3H3,(H,37,42)/t20?,22-,23?,27-,31-/m1/s1. The minimum atomic E-state index is 0.0164. The van der Waals surface area contributed by atoms with Gasteiger partial charge in [0.05, 0.1) is 23.8 Å². The number of carbonyl (C=O) groups is 2. The molecule has 4 aromatic rings. The number of imidazole rings is 1. The summed E-state index contributed by atoms with van der Waals surface area (Å²) in [5, 5.41) is 4.00. The van der Waals surface area contributed by atoms with Crippen molar-refractivity contribution in [2.75, 3.05) is 20.7 Å². The zero-order valence-corrected chi connectivity index (χ0v) is 25.9. The molecule has 9 nitrogen and oxygen atoms in total. The fourth-order valence-corrected chi connectivity index (χ4v) is 8.40. The average Bonchev–Trinajstić information content (AvgIpc) is 3.40. The van der Waals surface area contributed by atoms with Gasteiger partial charge in [-0.25, -0.2) is 4.98 Å². The molecule has 1 aliphatic heterocycles. The maximum atomic E-state index is 13.7. The van der Waals surface area contributed by atoms with Crippen molar-refractivity contribution < 1.29 is 14.3 Å². The lowest BCUT2D eigenvalue weighted by Gasteiger charge is -2.36. The Balaban J connectivity index is 1.19. The van der Waals surface area contributed by atoms with E-state index in [1.54, 1.807) is 14.2 Å². The molecule has 4 aliphatic rings. The number of nitrogens with zero attached hydrogens (tertiary/aromatic N) is 4. The molecule has 3 heterocycles. The van der Waals surface area contributed by atoms with Crippen LogP contribution < -0.4 is 15.8 Å². The van der Waals surface area contributed by atoms with Crippen LogP contribution in [0.25, 0.3) is 33.5 Å². The summed E-state index contributed by atoms with van der Waals surface area (Å²) in [4.78, 5) is 32.9. The molecule has 2 bridgehead atoms. The number of methoxy groups -OCH3 is 1. The van der Waals surface area contributed by atoms with Gasteiger partial charge in [0.25, 0.3) is 5.91 Å². The molecule has 3 saturated carbocycles. The molecule has 44 heavy (non-hydrogen) atoms. The van der Waals surface area contributed by atoms with E-state index in [4.69, 9.17) is 15.5 Å². The summed E-state index contributed by atoms with van der Waals surface area (Å²) in [5.74, 6) is 3.65. The van der Waals surface area contributed by atoms with Gasteiger partial charge in [-0.2, -0.15) is 0 Å². The van der Waals surface area contributed by atoms with E-state index in [-0.39, 0.29) is 23.9 Å². The topological polar surface area (TPSA) is 107 Å². The highest BCUT2D eigenvalue weighted by Crippen LogP contribution is 2.47. The van der Waals surface area contributed by atoms with Crippen LogP contribution in [0.1, 0.15) is 66.8 Å². The Morgan fingerprint density at radius 3 is 2.57 bits per heavy atom. The van der Waals surface area contributed by atoms with E-state index in [0.29, 0.717) is 41.4 Å². The molecule has 0 unspecified atom stereocenters. The van der Waals surface area contributed by atoms with Gasteiger partial charge in [-0.05, 0) is 86.0 Å². The third-order valence-corrected chi connectivity index (χ3v) is 11.1. The Morgan fingerprint density at radius 2 is 1.89 bits per heavy atom. The number of aryl methyl sites for hydroxylation is 1. The number of likely N-dealkylation sites (tertiary alicyclic amines) is 1. The van der Waals surface area contributed by atoms with Crippen LogP contribution in [0.2, 0.25) is 0 Å². The third kappa shape index (κ3) is 4.34. The van der Waals surface area contributed by atoms with Crippen LogP contribution in [0.5, 0.6) is 5.75 Å². The molecule has 3 N–H and O–H groups in total. The number of hydrogen-bond acceptors (Lipinski definition) is 5. The maximum absolute atomic E-state index is 13.7. The number of benzene rings is 2. The summed E-state index contributed by atoms with van der Waals surface area (Å²) >= 11 is 0. The highest BCUT2D eigenvalue weighted by molar-refractivity contribution is 6.00. The molecule has 0 spiro atoms. The van der Waals surface area contributed by atoms with Crippen molar-refractivity contribution in [2.45, 2.75) is 69.5 Å². The number of piperidine rings is 1. The smallest absolute Gasteiger partial charge is 0.254 e. The number of fused-ring (bicyclic) bond motifs is 4. The Labute approximate surface area is 257 Å². The first-order chi connectivity index (χ1) is 21.3. The highest BCUT2D eigenvalue weighted by atomic mass is 16.5. The van der Waals surface area contributed by atoms with Gasteiger partial charge in [0.1, 0.15) is 11.3 Å². The van der Waals surface area contributed by atoms with E-state index >= 15 is 0 Å². The first-order valence-corrected chi connectivity index (χ1v) is 16.3. The van der Waals surface area contributed by atoms with Crippen LogP contribution in [0.3, 0.4) is 0 Å². The van der Waals surface area contributed by atoms with Crippen molar-refractivity contribution in [3.05, 3.63) is 47.5 Å². The average molecular weight is 595 g/mol. The van der Waals surface area contributed by atoms with E-state index < -0.39 is 0 Å². The van der Waals surface area contributed by atoms with Crippen molar-refractivity contribution in [3.63, 3.8) is 0 Å². The zero-order chi connectivity index (χ0) is 30.3. The summed E-state index contributed by atoms with van der Waals surface area (Å²) < 4.78 is 10.5. The van der Waals surface area contributed by atoms with Crippen molar-refractivity contribution >= 4 is 33.8 Å². The second-order valence-electron chi connectivity index (χ2n) is 13.8. The number of nitrogens with one attached hydrogen (secondary N) is 1. The van der Waals surface area contributed by atoms with Crippen molar-refractivity contribution in [1.82, 2.24) is 24.3 Å². The lowest BCUT2D eigenvalue weighted by molar-refractivity contribution is -0.122. The van der Waals surface area contributed by atoms with E-state index in [1.807, 2.05) is 24.1 Å². The quantitative estimate of drug-likeness (QED) is 0.305. The van der Waals surface area contributed by atoms with Crippen LogP contribution in [-0.2, 0) is 18.4 Å². The predicted octanol–water partition coefficient (Wildman–Crippen LogP) is 4.81. The minimum Gasteiger partial charge on any atom is -0.494 e. The first kappa shape index (κ1) is 27.7. The lowest BCUT2D eigenvalue weighted by Crippen LogP contribution is -2.41.